The summed E-state index contributed by atoms with van der Waals surface area (Å²) in [5, 5.41) is 9.46. The predicted molar refractivity (Wildman–Crippen MR) is 183 cm³/mol. The molecule has 1 unspecified atom stereocenters. The van der Waals surface area contributed by atoms with Crippen LogP contribution in [0.5, 0.6) is 0 Å². The second-order valence-electron chi connectivity index (χ2n) is 11.0. The Kier molecular flexibility index (Phi) is 20.2. The fourth-order valence-electron chi connectivity index (χ4n) is 4.38. The molecule has 0 amide bonds. The third-order valence-corrected chi connectivity index (χ3v) is 8.56. The van der Waals surface area contributed by atoms with Crippen molar-refractivity contribution < 1.29 is 52.1 Å². The summed E-state index contributed by atoms with van der Waals surface area (Å²) in [6.45, 7) is 2.12. The Morgan fingerprint density at radius 1 is 0.714 bits per heavy atom. The summed E-state index contributed by atoms with van der Waals surface area (Å²) in [6, 6.07) is 18.7. The van der Waals surface area contributed by atoms with Crippen molar-refractivity contribution in [2.75, 3.05) is 46.7 Å². The number of rotatable bonds is 24. The number of nitrogens with two attached hydrogens (primary N) is 1. The van der Waals surface area contributed by atoms with E-state index in [0.29, 0.717) is 38.5 Å². The number of carbonyl (C=O) groups excluding carboxylic acids is 2. The molecule has 0 saturated carbocycles. The van der Waals surface area contributed by atoms with Crippen molar-refractivity contribution in [2.45, 2.75) is 70.8 Å². The molecule has 1 atom stereocenters. The van der Waals surface area contributed by atoms with Crippen molar-refractivity contribution in [3.63, 3.8) is 0 Å². The molecule has 0 aliphatic carbocycles. The minimum Gasteiger partial charge on any atom is -0.480 e. The van der Waals surface area contributed by atoms with E-state index in [1.54, 1.807) is 6.92 Å². The molecule has 3 N–H and O–H groups in total. The van der Waals surface area contributed by atoms with Gasteiger partial charge in [-0.3, -0.25) is 9.05 Å². The monoisotopic (exact) mass is 707 g/mol. The van der Waals surface area contributed by atoms with Gasteiger partial charge in [-0.25, -0.2) is 18.9 Å². The van der Waals surface area contributed by atoms with Gasteiger partial charge in [0.2, 0.25) is 5.96 Å². The molecule has 0 saturated heterocycles. The number of carboxylic acids is 1. The van der Waals surface area contributed by atoms with Crippen LogP contribution < -0.4 is 5.73 Å². The molecule has 0 aliphatic rings. The molecule has 15 heteroatoms. The molecule has 0 spiro atoms. The summed E-state index contributed by atoms with van der Waals surface area (Å²) >= 11 is 0. The van der Waals surface area contributed by atoms with E-state index >= 15 is 0 Å². The molecule has 0 aromatic heterocycles. The molecule has 2 aromatic carbocycles. The van der Waals surface area contributed by atoms with Crippen LogP contribution in [0.1, 0.15) is 63.0 Å². The summed E-state index contributed by atoms with van der Waals surface area (Å²) in [6.07, 6.45) is 3.03. The van der Waals surface area contributed by atoms with E-state index in [9.17, 15) is 24.1 Å². The zero-order valence-electron chi connectivity index (χ0n) is 28.4. The molecule has 14 nitrogen and oxygen atoms in total. The van der Waals surface area contributed by atoms with E-state index < -0.39 is 32.1 Å². The summed E-state index contributed by atoms with van der Waals surface area (Å²) in [4.78, 5) is 36.4. The standard InChI is InChI=1S/C34H50N3O11P/c1-3-30(31(38)39)37(2)32(35)36-49(42,47-26-12-10-22-43-33(40)45-24-14-20-28-16-6-4-7-17-28)48-27-13-11-23-44-34(41)46-25-15-21-29-18-8-5-9-19-29/h4-9,16-19,30H,3,10-15,20-27H2,1-2H3,(H,38,39)(H2,35,36,42). The molecule has 49 heavy (non-hydrogen) atoms. The van der Waals surface area contributed by atoms with E-state index in [2.05, 4.69) is 4.76 Å². The highest BCUT2D eigenvalue weighted by atomic mass is 31.2. The maximum Gasteiger partial charge on any atom is 0.508 e. The fourth-order valence-corrected chi connectivity index (χ4v) is 5.68. The molecule has 0 radical (unpaired) electrons. The second-order valence-corrected chi connectivity index (χ2v) is 12.6. The third-order valence-electron chi connectivity index (χ3n) is 7.10. The van der Waals surface area contributed by atoms with Crippen LogP contribution in [0.3, 0.4) is 0 Å². The lowest BCUT2D eigenvalue weighted by molar-refractivity contribution is -0.141. The van der Waals surface area contributed by atoms with Crippen molar-refractivity contribution in [3.05, 3.63) is 71.8 Å². The van der Waals surface area contributed by atoms with Gasteiger partial charge in [0.25, 0.3) is 0 Å². The number of nitrogens with zero attached hydrogens (tertiary/aromatic N) is 2. The Morgan fingerprint density at radius 3 is 1.49 bits per heavy atom. The van der Waals surface area contributed by atoms with Crippen molar-refractivity contribution >= 4 is 32.0 Å². The van der Waals surface area contributed by atoms with Gasteiger partial charge in [0, 0.05) is 7.05 Å². The van der Waals surface area contributed by atoms with Crippen molar-refractivity contribution in [1.82, 2.24) is 4.90 Å². The lowest BCUT2D eigenvalue weighted by Gasteiger charge is -2.25. The number of aryl methyl sites for hydroxylation is 2. The smallest absolute Gasteiger partial charge is 0.480 e. The number of hydrogen-bond acceptors (Lipinski definition) is 10. The predicted octanol–water partition coefficient (Wildman–Crippen LogP) is 6.37. The Labute approximate surface area is 288 Å². The van der Waals surface area contributed by atoms with Crippen molar-refractivity contribution in [2.24, 2.45) is 10.5 Å². The summed E-state index contributed by atoms with van der Waals surface area (Å²) in [7, 11) is -2.75. The first kappa shape index (κ1) is 41.0. The molecule has 0 fully saturated rings. The van der Waals surface area contributed by atoms with Gasteiger partial charge < -0.3 is 34.7 Å². The maximum absolute atomic E-state index is 13.5. The summed E-state index contributed by atoms with van der Waals surface area (Å²) < 4.78 is 48.8. The van der Waals surface area contributed by atoms with Gasteiger partial charge in [0.05, 0.1) is 39.6 Å². The van der Waals surface area contributed by atoms with Gasteiger partial charge in [0.1, 0.15) is 6.04 Å². The van der Waals surface area contributed by atoms with Gasteiger partial charge in [-0.05, 0) is 68.9 Å². The maximum atomic E-state index is 13.5. The first-order valence-corrected chi connectivity index (χ1v) is 18.0. The molecule has 2 aromatic rings. The highest BCUT2D eigenvalue weighted by molar-refractivity contribution is 7.52. The molecule has 0 bridgehead atoms. The largest absolute Gasteiger partial charge is 0.508 e. The van der Waals surface area contributed by atoms with Gasteiger partial charge in [0.15, 0.2) is 0 Å². The minimum absolute atomic E-state index is 0.0619. The van der Waals surface area contributed by atoms with Gasteiger partial charge >= 0.3 is 26.0 Å². The van der Waals surface area contributed by atoms with Gasteiger partial charge in [-0.1, -0.05) is 67.6 Å². The normalized spacial score (nSPS) is 12.2. The Morgan fingerprint density at radius 2 is 1.10 bits per heavy atom. The highest BCUT2D eigenvalue weighted by Gasteiger charge is 2.28. The molecular weight excluding hydrogens is 657 g/mol. The van der Waals surface area contributed by atoms with Crippen LogP contribution in [0, 0.1) is 0 Å². The average molecular weight is 708 g/mol. The molecule has 0 aliphatic heterocycles. The fraction of sp³-hybridized carbons (Fsp3) is 0.529. The van der Waals surface area contributed by atoms with E-state index in [1.807, 2.05) is 60.7 Å². The van der Waals surface area contributed by atoms with Gasteiger partial charge in [-0.15, -0.1) is 4.76 Å². The number of unbranched alkanes of at least 4 members (excludes halogenated alkanes) is 2. The summed E-state index contributed by atoms with van der Waals surface area (Å²) in [5.41, 5.74) is 8.30. The zero-order valence-corrected chi connectivity index (χ0v) is 29.3. The second kappa shape index (κ2) is 24.1. The number of guanidine groups is 1. The average Bonchev–Trinajstić information content (AvgIpc) is 3.09. The summed E-state index contributed by atoms with van der Waals surface area (Å²) in [5.74, 6) is -1.45. The number of benzene rings is 2. The first-order valence-electron chi connectivity index (χ1n) is 16.5. The molecular formula is C34H50N3O11P. The topological polar surface area (TPSA) is 186 Å². The van der Waals surface area contributed by atoms with Crippen LogP contribution in [0.2, 0.25) is 0 Å². The van der Waals surface area contributed by atoms with Crippen LogP contribution in [-0.2, 0) is 50.2 Å². The number of aliphatic carboxylic acids is 1. The molecule has 272 valence electrons. The minimum atomic E-state index is -4.17. The molecule has 2 rings (SSSR count). The van der Waals surface area contributed by atoms with Gasteiger partial charge in [-0.2, -0.15) is 0 Å². The molecule has 0 heterocycles. The number of carboxylic acid groups (broad SMARTS) is 1. The third kappa shape index (κ3) is 18.3. The van der Waals surface area contributed by atoms with Crippen LogP contribution in [-0.4, -0.2) is 87.0 Å². The quantitative estimate of drug-likeness (QED) is 0.0403. The number of likely N-dealkylation sites (N-methyl/N-ethyl adjacent to an activating group) is 1. The highest BCUT2D eigenvalue weighted by Crippen LogP contribution is 2.50. The van der Waals surface area contributed by atoms with Crippen LogP contribution in [0.4, 0.5) is 9.59 Å². The Bertz CT molecular complexity index is 1240. The van der Waals surface area contributed by atoms with Crippen molar-refractivity contribution in [3.8, 4) is 0 Å². The van der Waals surface area contributed by atoms with E-state index in [1.165, 1.54) is 11.9 Å². The zero-order chi connectivity index (χ0) is 35.7. The first-order chi connectivity index (χ1) is 23.6. The van der Waals surface area contributed by atoms with Crippen LogP contribution >= 0.6 is 7.75 Å². The Hall–Kier alpha value is -4.13. The number of carbonyl (C=O) groups is 3. The Balaban J connectivity index is 1.71. The number of ether oxygens (including phenoxy) is 4. The van der Waals surface area contributed by atoms with Crippen molar-refractivity contribution in [1.29, 1.82) is 0 Å². The van der Waals surface area contributed by atoms with Crippen LogP contribution in [0.25, 0.3) is 0 Å². The SMILES string of the molecule is CCC(C(=O)O)N(C)C(N)=NP(=O)(OCCCCOC(=O)OCCCc1ccccc1)OCCCCOC(=O)OCCCc1ccccc1. The van der Waals surface area contributed by atoms with E-state index in [0.717, 1.165) is 24.0 Å². The number of hydrogen-bond donors (Lipinski definition) is 2. The van der Waals surface area contributed by atoms with Crippen LogP contribution in [0.15, 0.2) is 65.4 Å². The lowest BCUT2D eigenvalue weighted by Crippen LogP contribution is -2.45. The van der Waals surface area contributed by atoms with E-state index in [4.69, 9.17) is 33.7 Å². The van der Waals surface area contributed by atoms with E-state index in [-0.39, 0.29) is 52.0 Å². The lowest BCUT2D eigenvalue weighted by atomic mass is 10.1.